The average Bonchev–Trinajstić information content (AvgIpc) is 2.94. The fraction of sp³-hybridized carbons (Fsp3) is 0.438. The van der Waals surface area contributed by atoms with Crippen molar-refractivity contribution >= 4 is 50.1 Å². The largest absolute Gasteiger partial charge is 0.490 e. The normalized spacial score (nSPS) is 17.8. The Labute approximate surface area is 258 Å². The van der Waals surface area contributed by atoms with Crippen LogP contribution in [0.5, 0.6) is 11.5 Å². The molecule has 0 spiro atoms. The minimum Gasteiger partial charge on any atom is -0.490 e. The fourth-order valence-electron chi connectivity index (χ4n) is 6.08. The van der Waals surface area contributed by atoms with E-state index in [9.17, 15) is 9.59 Å². The molecule has 0 N–H and O–H groups in total. The summed E-state index contributed by atoms with van der Waals surface area (Å²) in [5, 5.41) is 0. The average molecular weight is 720 g/mol. The van der Waals surface area contributed by atoms with Gasteiger partial charge in [-0.25, -0.2) is 0 Å². The SMILES string of the molecule is CCOc1cc(C2C3=C(CCCC3=O)N(CCCOC)C3=C2C(=O)CCC3)cc(I)c1OCc1ccc(Br)cc1. The Morgan fingerprint density at radius 2 is 1.60 bits per heavy atom. The van der Waals surface area contributed by atoms with E-state index in [1.54, 1.807) is 7.11 Å². The summed E-state index contributed by atoms with van der Waals surface area (Å²) in [6.07, 6.45) is 5.24. The lowest BCUT2D eigenvalue weighted by molar-refractivity contribution is -0.117. The van der Waals surface area contributed by atoms with E-state index in [1.165, 1.54) is 0 Å². The molecule has 2 aromatic rings. The molecule has 0 unspecified atom stereocenters. The third-order valence-corrected chi connectivity index (χ3v) is 9.11. The van der Waals surface area contributed by atoms with Gasteiger partial charge in [0, 0.05) is 66.0 Å². The van der Waals surface area contributed by atoms with Crippen molar-refractivity contribution in [3.05, 3.63) is 78.1 Å². The number of ketones is 2. The molecule has 212 valence electrons. The Balaban J connectivity index is 1.58. The Bertz CT molecular complexity index is 1310. The summed E-state index contributed by atoms with van der Waals surface area (Å²) in [5.41, 5.74) is 5.74. The maximum Gasteiger partial charge on any atom is 0.174 e. The second-order valence-corrected chi connectivity index (χ2v) is 12.5. The van der Waals surface area contributed by atoms with Gasteiger partial charge in [-0.05, 0) is 97.0 Å². The van der Waals surface area contributed by atoms with Crippen LogP contribution in [0.3, 0.4) is 0 Å². The van der Waals surface area contributed by atoms with E-state index in [2.05, 4.69) is 49.5 Å². The first-order chi connectivity index (χ1) is 19.4. The third kappa shape index (κ3) is 6.04. The molecule has 0 amide bonds. The molecule has 0 saturated heterocycles. The maximum atomic E-state index is 13.6. The highest BCUT2D eigenvalue weighted by atomic mass is 127. The second-order valence-electron chi connectivity index (χ2n) is 10.4. The highest BCUT2D eigenvalue weighted by Gasteiger charge is 2.43. The smallest absolute Gasteiger partial charge is 0.174 e. The summed E-state index contributed by atoms with van der Waals surface area (Å²) in [6, 6.07) is 12.1. The van der Waals surface area contributed by atoms with Crippen LogP contribution >= 0.6 is 38.5 Å². The van der Waals surface area contributed by atoms with Crippen LogP contribution in [0.25, 0.3) is 0 Å². The van der Waals surface area contributed by atoms with E-state index in [-0.39, 0.29) is 17.5 Å². The van der Waals surface area contributed by atoms with Crippen molar-refractivity contribution < 1.29 is 23.8 Å². The molecule has 6 nitrogen and oxygen atoms in total. The van der Waals surface area contributed by atoms with Crippen LogP contribution in [-0.2, 0) is 20.9 Å². The highest BCUT2D eigenvalue weighted by Crippen LogP contribution is 2.50. The lowest BCUT2D eigenvalue weighted by atomic mass is 9.71. The molecule has 1 heterocycles. The van der Waals surface area contributed by atoms with Crippen LogP contribution in [0.2, 0.25) is 0 Å². The van der Waals surface area contributed by atoms with Gasteiger partial charge in [0.15, 0.2) is 23.1 Å². The van der Waals surface area contributed by atoms with Gasteiger partial charge in [0.25, 0.3) is 0 Å². The van der Waals surface area contributed by atoms with Gasteiger partial charge in [-0.1, -0.05) is 28.1 Å². The van der Waals surface area contributed by atoms with Gasteiger partial charge < -0.3 is 19.1 Å². The van der Waals surface area contributed by atoms with Gasteiger partial charge >= 0.3 is 0 Å². The Kier molecular flexibility index (Phi) is 9.68. The second kappa shape index (κ2) is 13.2. The topological polar surface area (TPSA) is 65.1 Å². The Hall–Kier alpha value is -2.17. The molecule has 0 saturated carbocycles. The van der Waals surface area contributed by atoms with Crippen LogP contribution in [0.4, 0.5) is 0 Å². The number of Topliss-reactive ketones (excluding diaryl/α,β-unsaturated/α-hetero) is 2. The predicted octanol–water partition coefficient (Wildman–Crippen LogP) is 7.48. The molecule has 0 fully saturated rings. The van der Waals surface area contributed by atoms with E-state index in [4.69, 9.17) is 14.2 Å². The first-order valence-electron chi connectivity index (χ1n) is 14.0. The van der Waals surface area contributed by atoms with Gasteiger partial charge in [0.05, 0.1) is 10.2 Å². The van der Waals surface area contributed by atoms with Crippen molar-refractivity contribution in [2.45, 2.75) is 64.4 Å². The Morgan fingerprint density at radius 3 is 2.20 bits per heavy atom. The molecule has 0 atom stereocenters. The van der Waals surface area contributed by atoms with E-state index in [0.29, 0.717) is 44.2 Å². The summed E-state index contributed by atoms with van der Waals surface area (Å²) in [7, 11) is 1.71. The van der Waals surface area contributed by atoms with Crippen molar-refractivity contribution in [2.75, 3.05) is 26.9 Å². The summed E-state index contributed by atoms with van der Waals surface area (Å²) in [4.78, 5) is 29.5. The molecule has 2 aromatic carbocycles. The van der Waals surface area contributed by atoms with Crippen LogP contribution in [-0.4, -0.2) is 43.3 Å². The standard InChI is InChI=1S/C32H35BrINO5/c1-3-39-28-18-21(17-23(34)32(28)40-19-20-11-13-22(33)14-12-20)29-30-24(7-4-9-26(30)36)35(15-6-16-38-2)25-8-5-10-27(37)31(25)29/h11-14,17-18,29H,3-10,15-16,19H2,1-2H3. The molecule has 5 rings (SSSR count). The fourth-order valence-corrected chi connectivity index (χ4v) is 7.13. The molecule has 40 heavy (non-hydrogen) atoms. The first kappa shape index (κ1) is 29.3. The molecule has 0 bridgehead atoms. The van der Waals surface area contributed by atoms with Crippen LogP contribution in [0.15, 0.2) is 63.4 Å². The number of carbonyl (C=O) groups is 2. The number of halogens is 2. The predicted molar refractivity (Wildman–Crippen MR) is 167 cm³/mol. The van der Waals surface area contributed by atoms with E-state index in [1.807, 2.05) is 37.3 Å². The number of allylic oxidation sites excluding steroid dienone is 4. The summed E-state index contributed by atoms with van der Waals surface area (Å²) >= 11 is 5.77. The van der Waals surface area contributed by atoms with Crippen molar-refractivity contribution in [1.29, 1.82) is 0 Å². The number of carbonyl (C=O) groups excluding carboxylic acids is 2. The molecular formula is C32H35BrINO5. The number of rotatable bonds is 10. The van der Waals surface area contributed by atoms with E-state index < -0.39 is 0 Å². The molecule has 8 heteroatoms. The highest BCUT2D eigenvalue weighted by molar-refractivity contribution is 14.1. The zero-order chi connectivity index (χ0) is 28.2. The number of hydrogen-bond acceptors (Lipinski definition) is 6. The number of hydrogen-bond donors (Lipinski definition) is 0. The molecule has 1 aliphatic heterocycles. The quantitative estimate of drug-likeness (QED) is 0.188. The lowest BCUT2D eigenvalue weighted by Crippen LogP contribution is -2.39. The maximum absolute atomic E-state index is 13.6. The van der Waals surface area contributed by atoms with Gasteiger partial charge in [-0.15, -0.1) is 0 Å². The van der Waals surface area contributed by atoms with Gasteiger partial charge in [-0.2, -0.15) is 0 Å². The monoisotopic (exact) mass is 719 g/mol. The van der Waals surface area contributed by atoms with E-state index in [0.717, 1.165) is 80.4 Å². The third-order valence-electron chi connectivity index (χ3n) is 7.78. The number of ether oxygens (including phenoxy) is 3. The Morgan fingerprint density at radius 1 is 0.950 bits per heavy atom. The molecule has 2 aliphatic carbocycles. The molecule has 3 aliphatic rings. The number of methoxy groups -OCH3 is 1. The van der Waals surface area contributed by atoms with Crippen molar-refractivity contribution in [1.82, 2.24) is 4.90 Å². The first-order valence-corrected chi connectivity index (χ1v) is 15.9. The van der Waals surface area contributed by atoms with Gasteiger partial charge in [0.2, 0.25) is 0 Å². The van der Waals surface area contributed by atoms with Crippen molar-refractivity contribution in [3.8, 4) is 11.5 Å². The number of nitrogens with zero attached hydrogens (tertiary/aromatic N) is 1. The zero-order valence-corrected chi connectivity index (χ0v) is 26.8. The van der Waals surface area contributed by atoms with Crippen LogP contribution < -0.4 is 9.47 Å². The summed E-state index contributed by atoms with van der Waals surface area (Å²) in [5.74, 6) is 1.24. The van der Waals surface area contributed by atoms with Gasteiger partial charge in [-0.3, -0.25) is 9.59 Å². The van der Waals surface area contributed by atoms with Crippen molar-refractivity contribution in [3.63, 3.8) is 0 Å². The molecule has 0 radical (unpaired) electrons. The van der Waals surface area contributed by atoms with Crippen LogP contribution in [0, 0.1) is 3.57 Å². The summed E-state index contributed by atoms with van der Waals surface area (Å²) < 4.78 is 19.6. The van der Waals surface area contributed by atoms with Crippen LogP contribution in [0.1, 0.15) is 68.9 Å². The minimum atomic E-state index is -0.377. The molecule has 0 aromatic heterocycles. The molecular weight excluding hydrogens is 685 g/mol. The number of benzene rings is 2. The lowest BCUT2D eigenvalue weighted by Gasteiger charge is -2.44. The minimum absolute atomic E-state index is 0.149. The summed E-state index contributed by atoms with van der Waals surface area (Å²) in [6.45, 7) is 4.23. The van der Waals surface area contributed by atoms with E-state index >= 15 is 0 Å². The zero-order valence-electron chi connectivity index (χ0n) is 23.1. The van der Waals surface area contributed by atoms with Gasteiger partial charge in [0.1, 0.15) is 6.61 Å². The van der Waals surface area contributed by atoms with Crippen molar-refractivity contribution in [2.24, 2.45) is 0 Å².